The summed E-state index contributed by atoms with van der Waals surface area (Å²) >= 11 is 0. The first-order chi connectivity index (χ1) is 9.86. The third kappa shape index (κ3) is 2.45. The van der Waals surface area contributed by atoms with Crippen molar-refractivity contribution in [2.45, 2.75) is 11.7 Å². The molecule has 0 radical (unpaired) electrons. The van der Waals surface area contributed by atoms with Crippen molar-refractivity contribution in [3.05, 3.63) is 36.4 Å². The van der Waals surface area contributed by atoms with Crippen molar-refractivity contribution < 1.29 is 13.2 Å². The van der Waals surface area contributed by atoms with Gasteiger partial charge in [-0.3, -0.25) is 4.79 Å². The molecule has 1 atom stereocenters. The van der Waals surface area contributed by atoms with Crippen LogP contribution in [0.25, 0.3) is 10.8 Å². The Labute approximate surface area is 122 Å². The minimum atomic E-state index is -3.74. The second kappa shape index (κ2) is 4.71. The molecule has 1 aliphatic rings. The van der Waals surface area contributed by atoms with Gasteiger partial charge in [0.05, 0.1) is 11.4 Å². The molecule has 21 heavy (non-hydrogen) atoms. The number of hydrogen-bond acceptors (Lipinski definition) is 4. The molecule has 3 rings (SSSR count). The number of anilines is 2. The third-order valence-corrected chi connectivity index (χ3v) is 4.98. The van der Waals surface area contributed by atoms with Gasteiger partial charge in [0.25, 0.3) is 0 Å². The van der Waals surface area contributed by atoms with Gasteiger partial charge in [0.1, 0.15) is 5.25 Å². The van der Waals surface area contributed by atoms with E-state index in [2.05, 4.69) is 0 Å². The van der Waals surface area contributed by atoms with Crippen LogP contribution in [0.5, 0.6) is 0 Å². The second-order valence-corrected chi connectivity index (χ2v) is 7.02. The van der Waals surface area contributed by atoms with Crippen LogP contribution in [0.2, 0.25) is 0 Å². The fourth-order valence-corrected chi connectivity index (χ4v) is 3.34. The lowest BCUT2D eigenvalue weighted by Crippen LogP contribution is -2.32. The second-order valence-electron chi connectivity index (χ2n) is 5.18. The summed E-state index contributed by atoms with van der Waals surface area (Å²) in [6, 6.07) is 11.2. The van der Waals surface area contributed by atoms with Gasteiger partial charge in [-0.05, 0) is 22.9 Å². The van der Waals surface area contributed by atoms with Crippen LogP contribution in [0.1, 0.15) is 6.42 Å². The fourth-order valence-electron chi connectivity index (χ4n) is 2.61. The van der Waals surface area contributed by atoms with E-state index in [4.69, 9.17) is 10.9 Å². The maximum Gasteiger partial charge on any atom is 0.228 e. The third-order valence-electron chi connectivity index (χ3n) is 3.74. The zero-order valence-corrected chi connectivity index (χ0v) is 12.0. The fraction of sp³-hybridized carbons (Fsp3) is 0.214. The Morgan fingerprint density at radius 1 is 1.14 bits per heavy atom. The monoisotopic (exact) mass is 305 g/mol. The predicted octanol–water partition coefficient (Wildman–Crippen LogP) is 0.816. The SMILES string of the molecule is Nc1cc2ccccc2cc1N1CC(S(N)(=O)=O)CC1=O. The first-order valence-electron chi connectivity index (χ1n) is 6.46. The number of sulfonamides is 1. The van der Waals surface area contributed by atoms with Crippen LogP contribution in [-0.4, -0.2) is 26.1 Å². The molecule has 7 heteroatoms. The van der Waals surface area contributed by atoms with Crippen LogP contribution in [0.4, 0.5) is 11.4 Å². The molecule has 6 nitrogen and oxygen atoms in total. The summed E-state index contributed by atoms with van der Waals surface area (Å²) in [6.07, 6.45) is -0.106. The molecule has 4 N–H and O–H groups in total. The molecule has 0 bridgehead atoms. The van der Waals surface area contributed by atoms with Gasteiger partial charge in [0, 0.05) is 13.0 Å². The highest BCUT2D eigenvalue weighted by molar-refractivity contribution is 7.89. The molecule has 110 valence electrons. The molecule has 1 saturated heterocycles. The van der Waals surface area contributed by atoms with Crippen molar-refractivity contribution in [2.75, 3.05) is 17.2 Å². The van der Waals surface area contributed by atoms with E-state index < -0.39 is 15.3 Å². The molecule has 2 aromatic rings. The lowest BCUT2D eigenvalue weighted by molar-refractivity contribution is -0.117. The number of hydrogen-bond donors (Lipinski definition) is 2. The quantitative estimate of drug-likeness (QED) is 0.801. The standard InChI is InChI=1S/C14H15N3O3S/c15-12-5-9-3-1-2-4-10(9)6-13(12)17-8-11(7-14(17)18)21(16,19)20/h1-6,11H,7-8,15H2,(H2,16,19,20). The number of carbonyl (C=O) groups is 1. The van der Waals surface area contributed by atoms with Gasteiger partial charge < -0.3 is 10.6 Å². The zero-order chi connectivity index (χ0) is 15.2. The van der Waals surface area contributed by atoms with Gasteiger partial charge in [0.2, 0.25) is 15.9 Å². The van der Waals surface area contributed by atoms with Gasteiger partial charge in [-0.25, -0.2) is 13.6 Å². The van der Waals surface area contributed by atoms with Gasteiger partial charge in [-0.2, -0.15) is 0 Å². The topological polar surface area (TPSA) is 106 Å². The summed E-state index contributed by atoms with van der Waals surface area (Å²) in [6.45, 7) is 0.0419. The molecule has 1 amide bonds. The van der Waals surface area contributed by atoms with Crippen molar-refractivity contribution in [1.29, 1.82) is 0 Å². The number of nitrogens with two attached hydrogens (primary N) is 2. The first kappa shape index (κ1) is 13.8. The molecule has 0 saturated carbocycles. The zero-order valence-electron chi connectivity index (χ0n) is 11.2. The van der Waals surface area contributed by atoms with Crippen molar-refractivity contribution in [2.24, 2.45) is 5.14 Å². The maximum absolute atomic E-state index is 12.1. The van der Waals surface area contributed by atoms with Crippen LogP contribution in [-0.2, 0) is 14.8 Å². The number of nitrogens with zero attached hydrogens (tertiary/aromatic N) is 1. The molecule has 1 unspecified atom stereocenters. The smallest absolute Gasteiger partial charge is 0.228 e. The summed E-state index contributed by atoms with van der Waals surface area (Å²) in [4.78, 5) is 13.5. The van der Waals surface area contributed by atoms with Crippen LogP contribution in [0.15, 0.2) is 36.4 Å². The summed E-state index contributed by atoms with van der Waals surface area (Å²) in [7, 11) is -3.74. The Balaban J connectivity index is 2.04. The minimum absolute atomic E-state index is 0.0419. The van der Waals surface area contributed by atoms with E-state index in [9.17, 15) is 13.2 Å². The van der Waals surface area contributed by atoms with Crippen LogP contribution in [0.3, 0.4) is 0 Å². The number of nitrogen functional groups attached to an aromatic ring is 1. The average Bonchev–Trinajstić information content (AvgIpc) is 2.80. The summed E-state index contributed by atoms with van der Waals surface area (Å²) in [5.41, 5.74) is 6.98. The Hall–Kier alpha value is -2.12. The van der Waals surface area contributed by atoms with Gasteiger partial charge >= 0.3 is 0 Å². The van der Waals surface area contributed by atoms with Crippen LogP contribution in [0, 0.1) is 0 Å². The van der Waals surface area contributed by atoms with E-state index in [0.29, 0.717) is 11.4 Å². The van der Waals surface area contributed by atoms with Gasteiger partial charge in [-0.1, -0.05) is 24.3 Å². The minimum Gasteiger partial charge on any atom is -0.397 e. The van der Waals surface area contributed by atoms with E-state index in [-0.39, 0.29) is 18.9 Å². The summed E-state index contributed by atoms with van der Waals surface area (Å²) < 4.78 is 22.8. The largest absolute Gasteiger partial charge is 0.397 e. The van der Waals surface area contributed by atoms with Gasteiger partial charge in [-0.15, -0.1) is 0 Å². The van der Waals surface area contributed by atoms with Crippen LogP contribution < -0.4 is 15.8 Å². The number of fused-ring (bicyclic) bond motifs is 1. The van der Waals surface area contributed by atoms with Crippen molar-refractivity contribution >= 4 is 38.1 Å². The lowest BCUT2D eigenvalue weighted by Gasteiger charge is -2.19. The molecule has 1 aliphatic heterocycles. The van der Waals surface area contributed by atoms with E-state index in [1.807, 2.05) is 24.3 Å². The van der Waals surface area contributed by atoms with Crippen molar-refractivity contribution in [1.82, 2.24) is 0 Å². The summed E-state index contributed by atoms with van der Waals surface area (Å²) in [5, 5.41) is 6.16. The van der Waals surface area contributed by atoms with E-state index in [1.165, 1.54) is 4.90 Å². The molecular formula is C14H15N3O3S. The van der Waals surface area contributed by atoms with E-state index in [0.717, 1.165) is 10.8 Å². The molecule has 1 heterocycles. The number of amides is 1. The maximum atomic E-state index is 12.1. The van der Waals surface area contributed by atoms with E-state index >= 15 is 0 Å². The number of primary sulfonamides is 1. The van der Waals surface area contributed by atoms with Crippen molar-refractivity contribution in [3.63, 3.8) is 0 Å². The molecular weight excluding hydrogens is 290 g/mol. The lowest BCUT2D eigenvalue weighted by atomic mass is 10.1. The highest BCUT2D eigenvalue weighted by Crippen LogP contribution is 2.32. The Morgan fingerprint density at radius 3 is 2.33 bits per heavy atom. The normalized spacial score (nSPS) is 19.4. The highest BCUT2D eigenvalue weighted by Gasteiger charge is 2.37. The molecule has 0 aliphatic carbocycles. The number of benzene rings is 2. The van der Waals surface area contributed by atoms with Crippen molar-refractivity contribution in [3.8, 4) is 0 Å². The predicted molar refractivity (Wildman–Crippen MR) is 82.2 cm³/mol. The first-order valence-corrected chi connectivity index (χ1v) is 8.07. The Kier molecular flexibility index (Phi) is 3.11. The van der Waals surface area contributed by atoms with Crippen LogP contribution >= 0.6 is 0 Å². The summed E-state index contributed by atoms with van der Waals surface area (Å²) in [5.74, 6) is -0.281. The molecule has 0 aromatic heterocycles. The molecule has 2 aromatic carbocycles. The molecule has 1 fully saturated rings. The Bertz CT molecular complexity index is 832. The van der Waals surface area contributed by atoms with E-state index in [1.54, 1.807) is 12.1 Å². The molecule has 0 spiro atoms. The average molecular weight is 305 g/mol. The number of rotatable bonds is 2. The number of carbonyl (C=O) groups excluding carboxylic acids is 1. The Morgan fingerprint density at radius 2 is 1.76 bits per heavy atom. The van der Waals surface area contributed by atoms with Gasteiger partial charge in [0.15, 0.2) is 0 Å². The highest BCUT2D eigenvalue weighted by atomic mass is 32.2.